The van der Waals surface area contributed by atoms with Crippen molar-refractivity contribution in [3.8, 4) is 5.75 Å². The van der Waals surface area contributed by atoms with Crippen LogP contribution in [0.25, 0.3) is 0 Å². The van der Waals surface area contributed by atoms with E-state index < -0.39 is 0 Å². The maximum absolute atomic E-state index is 11.9. The molecule has 0 aliphatic rings. The highest BCUT2D eigenvalue weighted by Gasteiger charge is 2.12. The van der Waals surface area contributed by atoms with E-state index in [9.17, 15) is 4.79 Å². The van der Waals surface area contributed by atoms with Gasteiger partial charge in [-0.2, -0.15) is 0 Å². The molecule has 0 fully saturated rings. The summed E-state index contributed by atoms with van der Waals surface area (Å²) in [5.74, 6) is 1.19. The Morgan fingerprint density at radius 2 is 2.24 bits per heavy atom. The third kappa shape index (κ3) is 4.16. The van der Waals surface area contributed by atoms with Crippen LogP contribution in [0.15, 0.2) is 41.0 Å². The molecule has 21 heavy (non-hydrogen) atoms. The van der Waals surface area contributed by atoms with Crippen molar-refractivity contribution in [3.05, 3.63) is 47.4 Å². The summed E-state index contributed by atoms with van der Waals surface area (Å²) in [4.78, 5) is 11.9. The van der Waals surface area contributed by atoms with Crippen LogP contribution in [0.3, 0.4) is 0 Å². The number of hydrogen-bond donors (Lipinski definition) is 2. The number of rotatable bonds is 6. The van der Waals surface area contributed by atoms with Gasteiger partial charge in [-0.05, 0) is 37.3 Å². The number of ether oxygens (including phenoxy) is 1. The number of halogens is 1. The second-order valence-electron chi connectivity index (χ2n) is 4.50. The first-order valence-corrected chi connectivity index (χ1v) is 6.88. The predicted octanol–water partition coefficient (Wildman–Crippen LogP) is 3.23. The molecule has 0 saturated carbocycles. The summed E-state index contributed by atoms with van der Waals surface area (Å²) in [7, 11) is 1.56. The van der Waals surface area contributed by atoms with E-state index in [0.29, 0.717) is 22.2 Å². The van der Waals surface area contributed by atoms with Crippen molar-refractivity contribution in [1.82, 2.24) is 5.32 Å². The van der Waals surface area contributed by atoms with E-state index in [-0.39, 0.29) is 18.5 Å². The van der Waals surface area contributed by atoms with Crippen molar-refractivity contribution >= 4 is 23.2 Å². The molecule has 0 bridgehead atoms. The van der Waals surface area contributed by atoms with Gasteiger partial charge in [-0.1, -0.05) is 11.6 Å². The van der Waals surface area contributed by atoms with E-state index >= 15 is 0 Å². The Kier molecular flexibility index (Phi) is 5.11. The molecule has 5 nitrogen and oxygen atoms in total. The van der Waals surface area contributed by atoms with E-state index in [4.69, 9.17) is 20.8 Å². The summed E-state index contributed by atoms with van der Waals surface area (Å²) in [6, 6.07) is 8.60. The zero-order valence-corrected chi connectivity index (χ0v) is 12.6. The lowest BCUT2D eigenvalue weighted by molar-refractivity contribution is -0.120. The molecular weight excluding hydrogens is 292 g/mol. The molecule has 1 atom stereocenters. The summed E-state index contributed by atoms with van der Waals surface area (Å²) < 4.78 is 10.4. The van der Waals surface area contributed by atoms with Crippen molar-refractivity contribution in [2.45, 2.75) is 13.0 Å². The summed E-state index contributed by atoms with van der Waals surface area (Å²) in [6.07, 6.45) is 1.58. The first kappa shape index (κ1) is 15.3. The number of amides is 1. The fourth-order valence-corrected chi connectivity index (χ4v) is 2.07. The quantitative estimate of drug-likeness (QED) is 0.860. The molecule has 1 unspecified atom stereocenters. The van der Waals surface area contributed by atoms with Crippen LogP contribution in [0.2, 0.25) is 5.02 Å². The third-order valence-corrected chi connectivity index (χ3v) is 3.18. The second kappa shape index (κ2) is 7.04. The topological polar surface area (TPSA) is 63.5 Å². The smallest absolute Gasteiger partial charge is 0.239 e. The Morgan fingerprint density at radius 1 is 1.43 bits per heavy atom. The van der Waals surface area contributed by atoms with Crippen LogP contribution >= 0.6 is 11.6 Å². The summed E-state index contributed by atoms with van der Waals surface area (Å²) in [5.41, 5.74) is 0.672. The zero-order chi connectivity index (χ0) is 15.2. The van der Waals surface area contributed by atoms with E-state index in [1.54, 1.807) is 37.6 Å². The molecule has 1 aromatic heterocycles. The molecule has 0 saturated heterocycles. The molecule has 6 heteroatoms. The highest BCUT2D eigenvalue weighted by molar-refractivity contribution is 6.30. The lowest BCUT2D eigenvalue weighted by atomic mass is 10.2. The normalized spacial score (nSPS) is 11.8. The fourth-order valence-electron chi connectivity index (χ4n) is 1.90. The molecule has 0 radical (unpaired) electrons. The average Bonchev–Trinajstić information content (AvgIpc) is 2.99. The third-order valence-electron chi connectivity index (χ3n) is 2.95. The van der Waals surface area contributed by atoms with Gasteiger partial charge in [-0.3, -0.25) is 4.79 Å². The van der Waals surface area contributed by atoms with Crippen molar-refractivity contribution in [1.29, 1.82) is 0 Å². The number of nitrogens with one attached hydrogen (secondary N) is 2. The number of furan rings is 1. The molecule has 2 N–H and O–H groups in total. The minimum Gasteiger partial charge on any atom is -0.495 e. The number of hydrogen-bond acceptors (Lipinski definition) is 4. The molecule has 0 spiro atoms. The minimum atomic E-state index is -0.185. The van der Waals surface area contributed by atoms with Crippen molar-refractivity contribution in [2.24, 2.45) is 0 Å². The molecular formula is C15H17ClN2O3. The van der Waals surface area contributed by atoms with E-state index in [1.807, 2.05) is 13.0 Å². The number of anilines is 1. The molecule has 1 heterocycles. The van der Waals surface area contributed by atoms with Gasteiger partial charge in [0.2, 0.25) is 5.91 Å². The van der Waals surface area contributed by atoms with Gasteiger partial charge in [0.25, 0.3) is 0 Å². The lowest BCUT2D eigenvalue weighted by Crippen LogP contribution is -2.31. The largest absolute Gasteiger partial charge is 0.495 e. The summed E-state index contributed by atoms with van der Waals surface area (Å²) in [5, 5.41) is 6.41. The summed E-state index contributed by atoms with van der Waals surface area (Å²) in [6.45, 7) is 1.97. The zero-order valence-electron chi connectivity index (χ0n) is 11.9. The van der Waals surface area contributed by atoms with Crippen LogP contribution in [-0.4, -0.2) is 19.6 Å². The monoisotopic (exact) mass is 308 g/mol. The number of methoxy groups -OCH3 is 1. The van der Waals surface area contributed by atoms with Crippen LogP contribution in [0.1, 0.15) is 18.7 Å². The van der Waals surface area contributed by atoms with Gasteiger partial charge in [0.15, 0.2) is 0 Å². The number of carbonyl (C=O) groups is 1. The number of carbonyl (C=O) groups excluding carboxylic acids is 1. The van der Waals surface area contributed by atoms with E-state index in [1.165, 1.54) is 0 Å². The van der Waals surface area contributed by atoms with E-state index in [2.05, 4.69) is 10.6 Å². The van der Waals surface area contributed by atoms with Gasteiger partial charge in [0, 0.05) is 5.02 Å². The van der Waals surface area contributed by atoms with Crippen molar-refractivity contribution in [2.75, 3.05) is 19.0 Å². The van der Waals surface area contributed by atoms with E-state index in [0.717, 1.165) is 0 Å². The Balaban J connectivity index is 1.91. The fraction of sp³-hybridized carbons (Fsp3) is 0.267. The second-order valence-corrected chi connectivity index (χ2v) is 4.94. The van der Waals surface area contributed by atoms with Crippen LogP contribution in [0, 0.1) is 0 Å². The van der Waals surface area contributed by atoms with Crippen LogP contribution in [0.4, 0.5) is 5.69 Å². The van der Waals surface area contributed by atoms with Gasteiger partial charge in [0.1, 0.15) is 11.5 Å². The highest BCUT2D eigenvalue weighted by Crippen LogP contribution is 2.27. The number of benzene rings is 1. The molecule has 1 aromatic carbocycles. The predicted molar refractivity (Wildman–Crippen MR) is 81.8 cm³/mol. The maximum atomic E-state index is 11.9. The maximum Gasteiger partial charge on any atom is 0.239 e. The minimum absolute atomic E-state index is 0.113. The Labute approximate surface area is 128 Å². The molecule has 0 aliphatic heterocycles. The van der Waals surface area contributed by atoms with Crippen molar-refractivity contribution < 1.29 is 13.9 Å². The molecule has 0 aliphatic carbocycles. The van der Waals surface area contributed by atoms with Crippen molar-refractivity contribution in [3.63, 3.8) is 0 Å². The highest BCUT2D eigenvalue weighted by atomic mass is 35.5. The van der Waals surface area contributed by atoms with Crippen LogP contribution < -0.4 is 15.4 Å². The molecule has 2 aromatic rings. The Morgan fingerprint density at radius 3 is 2.90 bits per heavy atom. The molecule has 2 rings (SSSR count). The van der Waals surface area contributed by atoms with Gasteiger partial charge in [-0.25, -0.2) is 0 Å². The van der Waals surface area contributed by atoms with Gasteiger partial charge >= 0.3 is 0 Å². The Hall–Kier alpha value is -2.14. The first-order chi connectivity index (χ1) is 10.1. The molecule has 112 valence electrons. The average molecular weight is 309 g/mol. The standard InChI is InChI=1S/C15H17ClN2O3/c1-10(13-4-3-7-21-13)18-15(19)9-17-12-8-11(16)5-6-14(12)20-2/h3-8,10,17H,9H2,1-2H3,(H,18,19). The van der Waals surface area contributed by atoms with Crippen LogP contribution in [0.5, 0.6) is 5.75 Å². The lowest BCUT2D eigenvalue weighted by Gasteiger charge is -2.14. The summed E-state index contributed by atoms with van der Waals surface area (Å²) >= 11 is 5.93. The van der Waals surface area contributed by atoms with Gasteiger partial charge in [-0.15, -0.1) is 0 Å². The van der Waals surface area contributed by atoms with Gasteiger partial charge in [0.05, 0.1) is 31.6 Å². The van der Waals surface area contributed by atoms with Crippen LogP contribution in [-0.2, 0) is 4.79 Å². The molecule has 1 amide bonds. The SMILES string of the molecule is COc1ccc(Cl)cc1NCC(=O)NC(C)c1ccco1. The van der Waals surface area contributed by atoms with Gasteiger partial charge < -0.3 is 19.8 Å². The first-order valence-electron chi connectivity index (χ1n) is 6.50. The Bertz CT molecular complexity index is 599.